The molecule has 0 fully saturated rings. The van der Waals surface area contributed by atoms with Crippen molar-refractivity contribution >= 4 is 5.97 Å². The van der Waals surface area contributed by atoms with Crippen LogP contribution in [-0.4, -0.2) is 12.6 Å². The van der Waals surface area contributed by atoms with Gasteiger partial charge in [-0.1, -0.05) is 58.1 Å². The zero-order chi connectivity index (χ0) is 14.2. The summed E-state index contributed by atoms with van der Waals surface area (Å²) in [6.07, 6.45) is 16.8. The Balaban J connectivity index is 3.17. The van der Waals surface area contributed by atoms with Gasteiger partial charge in [0.1, 0.15) is 0 Å². The summed E-state index contributed by atoms with van der Waals surface area (Å²) in [4.78, 5) is 11.3. The Morgan fingerprint density at radius 3 is 2.16 bits per heavy atom. The van der Waals surface area contributed by atoms with Crippen LogP contribution in [0.5, 0.6) is 0 Å². The molecule has 0 saturated heterocycles. The molecule has 0 aromatic carbocycles. The quantitative estimate of drug-likeness (QED) is 0.253. The maximum Gasteiger partial charge on any atom is 0.305 e. The maximum atomic E-state index is 11.3. The molecule has 2 heteroatoms. The van der Waals surface area contributed by atoms with Crippen molar-refractivity contribution in [3.05, 3.63) is 12.2 Å². The van der Waals surface area contributed by atoms with Gasteiger partial charge in [0.15, 0.2) is 0 Å². The van der Waals surface area contributed by atoms with Crippen LogP contribution in [-0.2, 0) is 9.53 Å². The number of hydrogen-bond acceptors (Lipinski definition) is 2. The minimum Gasteiger partial charge on any atom is -0.466 e. The fraction of sp³-hybridized carbons (Fsp3) is 0.824. The van der Waals surface area contributed by atoms with Crippen LogP contribution in [0.3, 0.4) is 0 Å². The van der Waals surface area contributed by atoms with Gasteiger partial charge in [-0.2, -0.15) is 0 Å². The minimum absolute atomic E-state index is 0.0205. The first-order valence-electron chi connectivity index (χ1n) is 8.11. The molecule has 0 heterocycles. The molecule has 0 rings (SSSR count). The van der Waals surface area contributed by atoms with Gasteiger partial charge >= 0.3 is 5.97 Å². The predicted octanol–water partition coefficient (Wildman–Crippen LogP) is 5.42. The third-order valence-corrected chi connectivity index (χ3v) is 3.15. The standard InChI is InChI=1S/C17H32O2/c1-3-5-7-8-9-10-11-12-13-14-15-17(18)19-16-6-4-2/h8-9H,3-7,10-16H2,1-2H3. The van der Waals surface area contributed by atoms with Gasteiger partial charge in [0.05, 0.1) is 6.61 Å². The van der Waals surface area contributed by atoms with Gasteiger partial charge in [0, 0.05) is 6.42 Å². The summed E-state index contributed by atoms with van der Waals surface area (Å²) in [5.41, 5.74) is 0. The molecule has 19 heavy (non-hydrogen) atoms. The van der Waals surface area contributed by atoms with Crippen LogP contribution >= 0.6 is 0 Å². The SMILES string of the molecule is CCCCC=CCCCCCCC(=O)OCCCC. The number of allylic oxidation sites excluding steroid dienone is 2. The molecule has 0 amide bonds. The lowest BCUT2D eigenvalue weighted by atomic mass is 10.1. The first-order chi connectivity index (χ1) is 9.31. The molecule has 0 atom stereocenters. The van der Waals surface area contributed by atoms with E-state index in [1.165, 1.54) is 38.5 Å². The van der Waals surface area contributed by atoms with Gasteiger partial charge in [-0.15, -0.1) is 0 Å². The number of ether oxygens (including phenoxy) is 1. The van der Waals surface area contributed by atoms with E-state index in [2.05, 4.69) is 26.0 Å². The molecule has 2 nitrogen and oxygen atoms in total. The van der Waals surface area contributed by atoms with Crippen LogP contribution in [0.15, 0.2) is 12.2 Å². The Hall–Kier alpha value is -0.790. The van der Waals surface area contributed by atoms with Crippen LogP contribution in [0.1, 0.15) is 84.5 Å². The van der Waals surface area contributed by atoms with Gasteiger partial charge < -0.3 is 4.74 Å². The zero-order valence-corrected chi connectivity index (χ0v) is 13.0. The van der Waals surface area contributed by atoms with E-state index < -0.39 is 0 Å². The van der Waals surface area contributed by atoms with Gasteiger partial charge in [-0.25, -0.2) is 0 Å². The first kappa shape index (κ1) is 18.2. The van der Waals surface area contributed by atoms with Crippen molar-refractivity contribution in [1.29, 1.82) is 0 Å². The molecule has 112 valence electrons. The lowest BCUT2D eigenvalue weighted by Crippen LogP contribution is -2.05. The minimum atomic E-state index is -0.0205. The average Bonchev–Trinajstić information content (AvgIpc) is 2.41. The van der Waals surface area contributed by atoms with E-state index >= 15 is 0 Å². The number of carbonyl (C=O) groups is 1. The molecule has 0 aliphatic carbocycles. The summed E-state index contributed by atoms with van der Waals surface area (Å²) in [6, 6.07) is 0. The van der Waals surface area contributed by atoms with Crippen LogP contribution in [0, 0.1) is 0 Å². The van der Waals surface area contributed by atoms with Gasteiger partial charge in [-0.3, -0.25) is 4.79 Å². The highest BCUT2D eigenvalue weighted by atomic mass is 16.5. The molecule has 0 aromatic heterocycles. The summed E-state index contributed by atoms with van der Waals surface area (Å²) < 4.78 is 5.11. The van der Waals surface area contributed by atoms with Crippen molar-refractivity contribution in [2.75, 3.05) is 6.61 Å². The predicted molar refractivity (Wildman–Crippen MR) is 82.2 cm³/mol. The maximum absolute atomic E-state index is 11.3. The molecular weight excluding hydrogens is 236 g/mol. The van der Waals surface area contributed by atoms with Gasteiger partial charge in [0.25, 0.3) is 0 Å². The fourth-order valence-electron chi connectivity index (χ4n) is 1.85. The largest absolute Gasteiger partial charge is 0.466 e. The van der Waals surface area contributed by atoms with E-state index in [0.29, 0.717) is 13.0 Å². The normalized spacial score (nSPS) is 11.1. The lowest BCUT2D eigenvalue weighted by Gasteiger charge is -2.03. The molecule has 0 spiro atoms. The number of carbonyl (C=O) groups excluding carboxylic acids is 1. The van der Waals surface area contributed by atoms with Crippen LogP contribution in [0.25, 0.3) is 0 Å². The summed E-state index contributed by atoms with van der Waals surface area (Å²) >= 11 is 0. The Morgan fingerprint density at radius 2 is 1.47 bits per heavy atom. The zero-order valence-electron chi connectivity index (χ0n) is 13.0. The molecule has 0 aliphatic heterocycles. The molecule has 0 radical (unpaired) electrons. The topological polar surface area (TPSA) is 26.3 Å². The van der Waals surface area contributed by atoms with Crippen LogP contribution in [0.2, 0.25) is 0 Å². The van der Waals surface area contributed by atoms with Crippen LogP contribution in [0.4, 0.5) is 0 Å². The second kappa shape index (κ2) is 15.3. The second-order valence-electron chi connectivity index (χ2n) is 5.14. The van der Waals surface area contributed by atoms with Gasteiger partial charge in [0.2, 0.25) is 0 Å². The summed E-state index contributed by atoms with van der Waals surface area (Å²) in [6.45, 7) is 4.92. The molecular formula is C17H32O2. The van der Waals surface area contributed by atoms with Gasteiger partial charge in [-0.05, 0) is 32.1 Å². The highest BCUT2D eigenvalue weighted by Gasteiger charge is 2.01. The van der Waals surface area contributed by atoms with E-state index in [1.54, 1.807) is 0 Å². The first-order valence-corrected chi connectivity index (χ1v) is 8.11. The summed E-state index contributed by atoms with van der Waals surface area (Å²) in [5.74, 6) is -0.0205. The molecule has 0 aromatic rings. The van der Waals surface area contributed by atoms with E-state index in [0.717, 1.165) is 25.7 Å². The highest BCUT2D eigenvalue weighted by molar-refractivity contribution is 5.69. The third-order valence-electron chi connectivity index (χ3n) is 3.15. The van der Waals surface area contributed by atoms with Crippen molar-refractivity contribution in [3.8, 4) is 0 Å². The molecule has 0 bridgehead atoms. The van der Waals surface area contributed by atoms with Crippen molar-refractivity contribution < 1.29 is 9.53 Å². The van der Waals surface area contributed by atoms with Crippen molar-refractivity contribution in [3.63, 3.8) is 0 Å². The van der Waals surface area contributed by atoms with E-state index in [-0.39, 0.29) is 5.97 Å². The lowest BCUT2D eigenvalue weighted by molar-refractivity contribution is -0.143. The van der Waals surface area contributed by atoms with Crippen molar-refractivity contribution in [2.45, 2.75) is 84.5 Å². The summed E-state index contributed by atoms with van der Waals surface area (Å²) in [7, 11) is 0. The fourth-order valence-corrected chi connectivity index (χ4v) is 1.85. The average molecular weight is 268 g/mol. The molecule has 0 unspecified atom stereocenters. The Kier molecular flexibility index (Phi) is 14.6. The van der Waals surface area contributed by atoms with E-state index in [4.69, 9.17) is 4.74 Å². The van der Waals surface area contributed by atoms with Crippen LogP contribution < -0.4 is 0 Å². The Morgan fingerprint density at radius 1 is 0.842 bits per heavy atom. The van der Waals surface area contributed by atoms with E-state index in [9.17, 15) is 4.79 Å². The highest BCUT2D eigenvalue weighted by Crippen LogP contribution is 2.07. The smallest absolute Gasteiger partial charge is 0.305 e. The molecule has 0 saturated carbocycles. The summed E-state index contributed by atoms with van der Waals surface area (Å²) in [5, 5.41) is 0. The third kappa shape index (κ3) is 15.2. The van der Waals surface area contributed by atoms with E-state index in [1.807, 2.05) is 0 Å². The number of unbranched alkanes of at least 4 members (excludes halogenated alkanes) is 7. The molecule has 0 N–H and O–H groups in total. The number of rotatable bonds is 13. The van der Waals surface area contributed by atoms with Crippen molar-refractivity contribution in [2.24, 2.45) is 0 Å². The Bertz CT molecular complexity index is 221. The number of esters is 1. The Labute approximate surface area is 119 Å². The monoisotopic (exact) mass is 268 g/mol. The van der Waals surface area contributed by atoms with Crippen molar-refractivity contribution in [1.82, 2.24) is 0 Å². The second-order valence-corrected chi connectivity index (χ2v) is 5.14. The molecule has 0 aliphatic rings. The number of hydrogen-bond donors (Lipinski definition) is 0.